The molecule has 0 amide bonds. The quantitative estimate of drug-likeness (QED) is 0.718. The molecular weight excluding hydrogens is 260 g/mol. The van der Waals surface area contributed by atoms with E-state index in [1.807, 2.05) is 0 Å². The molecule has 0 aliphatic heterocycles. The van der Waals surface area contributed by atoms with Crippen LogP contribution in [0.4, 0.5) is 0 Å². The normalized spacial score (nSPS) is 24.6. The lowest BCUT2D eigenvalue weighted by molar-refractivity contribution is 0.0778. The van der Waals surface area contributed by atoms with E-state index in [9.17, 15) is 24.9 Å². The van der Waals surface area contributed by atoms with Crippen LogP contribution >= 0.6 is 0 Å². The van der Waals surface area contributed by atoms with Crippen molar-refractivity contribution in [2.45, 2.75) is 0 Å². The molecule has 1 aromatic carbocycles. The van der Waals surface area contributed by atoms with Crippen LogP contribution in [0.5, 0.6) is 5.75 Å². The first-order valence-corrected chi connectivity index (χ1v) is 6.17. The van der Waals surface area contributed by atoms with Crippen molar-refractivity contribution < 1.29 is 24.9 Å². The van der Waals surface area contributed by atoms with Gasteiger partial charge in [0.1, 0.15) is 11.5 Å². The van der Waals surface area contributed by atoms with Crippen LogP contribution in [0, 0.1) is 11.8 Å². The van der Waals surface area contributed by atoms with E-state index in [1.54, 1.807) is 0 Å². The van der Waals surface area contributed by atoms with Gasteiger partial charge in [-0.15, -0.1) is 0 Å². The highest BCUT2D eigenvalue weighted by atomic mass is 16.3. The number of aliphatic hydroxyl groups excluding tert-OH is 2. The third kappa shape index (κ3) is 1.60. The van der Waals surface area contributed by atoms with Gasteiger partial charge in [-0.2, -0.15) is 0 Å². The largest absolute Gasteiger partial charge is 0.508 e. The molecule has 20 heavy (non-hydrogen) atoms. The van der Waals surface area contributed by atoms with Gasteiger partial charge in [0.2, 0.25) is 0 Å². The Morgan fingerprint density at radius 3 is 2.55 bits per heavy atom. The summed E-state index contributed by atoms with van der Waals surface area (Å²) >= 11 is 0. The molecule has 0 heterocycles. The van der Waals surface area contributed by atoms with Gasteiger partial charge in [0.15, 0.2) is 11.6 Å². The molecule has 3 rings (SSSR count). The minimum absolute atomic E-state index is 0.00658. The minimum Gasteiger partial charge on any atom is -0.508 e. The van der Waals surface area contributed by atoms with Gasteiger partial charge in [-0.1, -0.05) is 12.1 Å². The van der Waals surface area contributed by atoms with E-state index in [1.165, 1.54) is 30.4 Å². The smallest absolute Gasteiger partial charge is 0.175 e. The molecule has 0 radical (unpaired) electrons. The van der Waals surface area contributed by atoms with Crippen LogP contribution in [0.1, 0.15) is 20.7 Å². The number of hydrogen-bond donors (Lipinski definition) is 3. The van der Waals surface area contributed by atoms with Gasteiger partial charge in [0.05, 0.1) is 24.0 Å². The Morgan fingerprint density at radius 1 is 1.10 bits per heavy atom. The Morgan fingerprint density at radius 2 is 1.85 bits per heavy atom. The van der Waals surface area contributed by atoms with E-state index in [4.69, 9.17) is 0 Å². The van der Waals surface area contributed by atoms with Crippen molar-refractivity contribution in [2.24, 2.45) is 11.8 Å². The van der Waals surface area contributed by atoms with Crippen LogP contribution in [0.15, 0.2) is 41.7 Å². The third-order valence-electron chi connectivity index (χ3n) is 3.76. The second-order valence-corrected chi connectivity index (χ2v) is 4.90. The zero-order chi connectivity index (χ0) is 14.4. The maximum Gasteiger partial charge on any atom is 0.175 e. The van der Waals surface area contributed by atoms with Gasteiger partial charge >= 0.3 is 0 Å². The lowest BCUT2D eigenvalue weighted by Crippen LogP contribution is -2.39. The first-order valence-electron chi connectivity index (χ1n) is 6.17. The predicted octanol–water partition coefficient (Wildman–Crippen LogP) is 1.38. The molecule has 5 nitrogen and oxygen atoms in total. The zero-order valence-electron chi connectivity index (χ0n) is 10.4. The zero-order valence-corrected chi connectivity index (χ0v) is 10.4. The van der Waals surface area contributed by atoms with Gasteiger partial charge < -0.3 is 15.3 Å². The number of benzene rings is 1. The predicted molar refractivity (Wildman–Crippen MR) is 69.6 cm³/mol. The molecule has 102 valence electrons. The molecule has 1 aromatic rings. The van der Waals surface area contributed by atoms with Crippen molar-refractivity contribution in [1.29, 1.82) is 0 Å². The Labute approximate surface area is 114 Å². The van der Waals surface area contributed by atoms with Crippen molar-refractivity contribution in [1.82, 2.24) is 0 Å². The Hall–Kier alpha value is -2.40. The van der Waals surface area contributed by atoms with E-state index in [-0.39, 0.29) is 34.0 Å². The van der Waals surface area contributed by atoms with Crippen molar-refractivity contribution in [3.8, 4) is 5.75 Å². The number of carbonyl (C=O) groups excluding carboxylic acids is 2. The monoisotopic (exact) mass is 272 g/mol. The van der Waals surface area contributed by atoms with Crippen LogP contribution in [0.2, 0.25) is 0 Å². The van der Waals surface area contributed by atoms with Crippen LogP contribution in [0.25, 0.3) is 0 Å². The molecule has 0 spiro atoms. The summed E-state index contributed by atoms with van der Waals surface area (Å²) in [5, 5.41) is 28.8. The number of aliphatic hydroxyl groups is 2. The molecule has 0 aromatic heterocycles. The number of carbonyl (C=O) groups is 2. The molecule has 0 bridgehead atoms. The number of hydrogen-bond acceptors (Lipinski definition) is 5. The second kappa shape index (κ2) is 4.31. The molecule has 2 aliphatic carbocycles. The van der Waals surface area contributed by atoms with Gasteiger partial charge in [0.25, 0.3) is 0 Å². The maximum absolute atomic E-state index is 12.5. The van der Waals surface area contributed by atoms with E-state index in [0.29, 0.717) is 0 Å². The highest BCUT2D eigenvalue weighted by Crippen LogP contribution is 2.41. The number of phenolic OH excluding ortho intramolecular Hbond substituents is 1. The van der Waals surface area contributed by atoms with E-state index in [2.05, 4.69) is 0 Å². The van der Waals surface area contributed by atoms with Crippen molar-refractivity contribution in [3.05, 3.63) is 52.8 Å². The topological polar surface area (TPSA) is 94.8 Å². The summed E-state index contributed by atoms with van der Waals surface area (Å²) in [6, 6.07) is 4.32. The third-order valence-corrected chi connectivity index (χ3v) is 3.76. The number of rotatable bonds is 1. The summed E-state index contributed by atoms with van der Waals surface area (Å²) < 4.78 is 0. The van der Waals surface area contributed by atoms with Crippen molar-refractivity contribution in [2.75, 3.05) is 6.61 Å². The molecule has 0 saturated heterocycles. The fourth-order valence-corrected chi connectivity index (χ4v) is 2.88. The maximum atomic E-state index is 12.5. The molecule has 0 fully saturated rings. The Kier molecular flexibility index (Phi) is 2.72. The molecule has 2 aliphatic rings. The van der Waals surface area contributed by atoms with E-state index < -0.39 is 24.2 Å². The Bertz CT molecular complexity index is 684. The van der Waals surface area contributed by atoms with Crippen LogP contribution < -0.4 is 0 Å². The molecule has 3 N–H and O–H groups in total. The number of ketones is 2. The summed E-state index contributed by atoms with van der Waals surface area (Å²) in [7, 11) is 0. The van der Waals surface area contributed by atoms with E-state index >= 15 is 0 Å². The Balaban J connectivity index is 2.23. The molecular formula is C15H12O5. The van der Waals surface area contributed by atoms with Crippen LogP contribution in [-0.4, -0.2) is 33.5 Å². The van der Waals surface area contributed by atoms with Crippen LogP contribution in [0.3, 0.4) is 0 Å². The average molecular weight is 272 g/mol. The standard InChI is InChI=1S/C15H12O5/c16-6-7-4-8(17)5-10-12(7)15(20)13-9(14(10)19)2-1-3-11(13)18/h1-5,10,12,16-18H,6H2. The van der Waals surface area contributed by atoms with Crippen molar-refractivity contribution >= 4 is 11.6 Å². The molecule has 0 saturated carbocycles. The summed E-state index contributed by atoms with van der Waals surface area (Å²) in [4.78, 5) is 24.9. The molecule has 5 heteroatoms. The number of aromatic hydroxyl groups is 1. The highest BCUT2D eigenvalue weighted by molar-refractivity contribution is 6.19. The highest BCUT2D eigenvalue weighted by Gasteiger charge is 2.44. The average Bonchev–Trinajstić information content (AvgIpc) is 2.43. The number of phenols is 1. The SMILES string of the molecule is O=C1c2cccc(O)c2C(=O)C2C(CO)=CC(O)=CC12. The first kappa shape index (κ1) is 12.6. The minimum atomic E-state index is -0.857. The van der Waals surface area contributed by atoms with Gasteiger partial charge in [-0.25, -0.2) is 0 Å². The lowest BCUT2D eigenvalue weighted by atomic mass is 9.68. The summed E-state index contributed by atoms with van der Waals surface area (Å²) in [5.74, 6) is -2.82. The molecule has 2 unspecified atom stereocenters. The summed E-state index contributed by atoms with van der Waals surface area (Å²) in [5.41, 5.74) is 0.426. The first-order chi connectivity index (χ1) is 9.54. The number of Topliss-reactive ketones (excluding diaryl/α,β-unsaturated/α-hetero) is 2. The lowest BCUT2D eigenvalue weighted by Gasteiger charge is -2.32. The summed E-state index contributed by atoms with van der Waals surface area (Å²) in [6.45, 7) is -0.430. The summed E-state index contributed by atoms with van der Waals surface area (Å²) in [6.07, 6.45) is 2.61. The van der Waals surface area contributed by atoms with Gasteiger partial charge in [0, 0.05) is 5.56 Å². The van der Waals surface area contributed by atoms with Gasteiger partial charge in [-0.3, -0.25) is 9.59 Å². The molecule has 2 atom stereocenters. The van der Waals surface area contributed by atoms with Crippen LogP contribution in [-0.2, 0) is 0 Å². The van der Waals surface area contributed by atoms with E-state index in [0.717, 1.165) is 0 Å². The van der Waals surface area contributed by atoms with Gasteiger partial charge in [-0.05, 0) is 23.8 Å². The number of allylic oxidation sites excluding steroid dienone is 2. The fraction of sp³-hybridized carbons (Fsp3) is 0.200. The fourth-order valence-electron chi connectivity index (χ4n) is 2.88. The van der Waals surface area contributed by atoms with Crippen molar-refractivity contribution in [3.63, 3.8) is 0 Å². The second-order valence-electron chi connectivity index (χ2n) is 4.90. The number of fused-ring (bicyclic) bond motifs is 2.